The lowest BCUT2D eigenvalue weighted by Crippen LogP contribution is -2.56. The lowest BCUT2D eigenvalue weighted by atomic mass is 9.95. The number of hydrogen-bond acceptors (Lipinski definition) is 8. The van der Waals surface area contributed by atoms with Crippen LogP contribution in [-0.2, 0) is 44.6 Å². The Morgan fingerprint density at radius 1 is 0.903 bits per heavy atom. The Morgan fingerprint density at radius 3 is 1.97 bits per heavy atom. The van der Waals surface area contributed by atoms with Crippen LogP contribution in [0.25, 0.3) is 0 Å². The summed E-state index contributed by atoms with van der Waals surface area (Å²) in [7, 11) is 3.19. The number of halogens is 1. The normalized spacial score (nSPS) is 13.2. The van der Waals surface area contributed by atoms with Crippen LogP contribution in [0.5, 0.6) is 0 Å². The molecule has 0 bridgehead atoms. The van der Waals surface area contributed by atoms with Crippen molar-refractivity contribution in [3.8, 4) is 0 Å². The van der Waals surface area contributed by atoms with Gasteiger partial charge in [-0.2, -0.15) is 0 Å². The molecule has 0 aliphatic rings. The van der Waals surface area contributed by atoms with Crippen LogP contribution in [0.15, 0.2) is 24.3 Å². The van der Waals surface area contributed by atoms with Gasteiger partial charge in [-0.3, -0.25) is 19.2 Å². The third-order valence-electron chi connectivity index (χ3n) is 4.32. The van der Waals surface area contributed by atoms with Gasteiger partial charge in [-0.25, -0.2) is 9.18 Å². The number of ether oxygens (including phenoxy) is 3. The number of amides is 2. The molecule has 1 rings (SSSR count). The highest BCUT2D eigenvalue weighted by atomic mass is 19.1. The zero-order chi connectivity index (χ0) is 23.6. The molecule has 0 saturated carbocycles. The van der Waals surface area contributed by atoms with Crippen LogP contribution < -0.4 is 10.6 Å². The molecule has 0 fully saturated rings. The van der Waals surface area contributed by atoms with Gasteiger partial charge >= 0.3 is 17.9 Å². The monoisotopic (exact) mass is 440 g/mol. The topological polar surface area (TPSA) is 137 Å². The van der Waals surface area contributed by atoms with E-state index in [1.54, 1.807) is 0 Å². The molecule has 2 amide bonds. The van der Waals surface area contributed by atoms with E-state index in [1.165, 1.54) is 31.2 Å². The van der Waals surface area contributed by atoms with Crippen LogP contribution in [-0.4, -0.2) is 63.1 Å². The van der Waals surface area contributed by atoms with Gasteiger partial charge in [0, 0.05) is 13.3 Å². The Morgan fingerprint density at radius 2 is 1.48 bits per heavy atom. The lowest BCUT2D eigenvalue weighted by molar-refractivity contribution is -0.159. The standard InChI is InChI=1S/C20H25FN2O8/c1-11(24)22-15(9-12-5-7-13(21)8-6-12)18(26)23-17(20(28)31-4)14(19(27)30-3)10-16(25)29-2/h5-8,14-15,17H,9-10H2,1-4H3,(H,22,24)(H,23,26)/t14-,15-,17+/m1/s1. The summed E-state index contributed by atoms with van der Waals surface area (Å²) in [5.74, 6) is -6.03. The van der Waals surface area contributed by atoms with Gasteiger partial charge in [-0.1, -0.05) is 12.1 Å². The fourth-order valence-electron chi connectivity index (χ4n) is 2.77. The minimum absolute atomic E-state index is 0.0283. The summed E-state index contributed by atoms with van der Waals surface area (Å²) in [6, 6.07) is 2.51. The zero-order valence-electron chi connectivity index (χ0n) is 17.6. The number of rotatable bonds is 10. The fraction of sp³-hybridized carbons (Fsp3) is 0.450. The van der Waals surface area contributed by atoms with E-state index < -0.39 is 60.0 Å². The lowest BCUT2D eigenvalue weighted by Gasteiger charge is -2.26. The molecule has 1 aromatic carbocycles. The van der Waals surface area contributed by atoms with Gasteiger partial charge < -0.3 is 24.8 Å². The maximum absolute atomic E-state index is 13.1. The van der Waals surface area contributed by atoms with Crippen molar-refractivity contribution in [1.29, 1.82) is 0 Å². The smallest absolute Gasteiger partial charge is 0.329 e. The molecule has 10 nitrogen and oxygen atoms in total. The van der Waals surface area contributed by atoms with E-state index in [1.807, 2.05) is 0 Å². The van der Waals surface area contributed by atoms with Crippen LogP contribution in [0, 0.1) is 11.7 Å². The van der Waals surface area contributed by atoms with Gasteiger partial charge in [0.05, 0.1) is 33.7 Å². The average molecular weight is 440 g/mol. The molecule has 0 aliphatic heterocycles. The van der Waals surface area contributed by atoms with E-state index in [-0.39, 0.29) is 6.42 Å². The first-order valence-corrected chi connectivity index (χ1v) is 9.17. The third-order valence-corrected chi connectivity index (χ3v) is 4.32. The van der Waals surface area contributed by atoms with E-state index >= 15 is 0 Å². The van der Waals surface area contributed by atoms with Crippen molar-refractivity contribution < 1.29 is 42.6 Å². The van der Waals surface area contributed by atoms with Gasteiger partial charge in [0.25, 0.3) is 0 Å². The molecule has 1 aromatic rings. The molecule has 170 valence electrons. The van der Waals surface area contributed by atoms with E-state index in [9.17, 15) is 28.4 Å². The van der Waals surface area contributed by atoms with Gasteiger partial charge in [0.2, 0.25) is 11.8 Å². The van der Waals surface area contributed by atoms with Crippen LogP contribution in [0.4, 0.5) is 4.39 Å². The first-order chi connectivity index (χ1) is 14.6. The summed E-state index contributed by atoms with van der Waals surface area (Å²) in [6.07, 6.45) is -0.592. The molecule has 3 atom stereocenters. The molecule has 0 heterocycles. The van der Waals surface area contributed by atoms with Crippen molar-refractivity contribution in [2.24, 2.45) is 5.92 Å². The Balaban J connectivity index is 3.17. The van der Waals surface area contributed by atoms with E-state index in [4.69, 9.17) is 0 Å². The predicted molar refractivity (Wildman–Crippen MR) is 104 cm³/mol. The van der Waals surface area contributed by atoms with E-state index in [0.29, 0.717) is 5.56 Å². The summed E-state index contributed by atoms with van der Waals surface area (Å²) >= 11 is 0. The molecule has 0 spiro atoms. The van der Waals surface area contributed by atoms with Crippen molar-refractivity contribution >= 4 is 29.7 Å². The largest absolute Gasteiger partial charge is 0.469 e. The minimum atomic E-state index is -1.59. The molecule has 31 heavy (non-hydrogen) atoms. The SMILES string of the molecule is COC(=O)C[C@@H](C(=O)OC)[C@H](NC(=O)[C@@H](Cc1ccc(F)cc1)NC(C)=O)C(=O)OC. The van der Waals surface area contributed by atoms with E-state index in [2.05, 4.69) is 24.8 Å². The number of nitrogens with one attached hydrogen (secondary N) is 2. The number of methoxy groups -OCH3 is 3. The summed E-state index contributed by atoms with van der Waals surface area (Å²) in [5, 5.41) is 4.77. The Kier molecular flexibility index (Phi) is 10.1. The maximum Gasteiger partial charge on any atom is 0.329 e. The summed E-state index contributed by atoms with van der Waals surface area (Å²) in [6.45, 7) is 1.19. The van der Waals surface area contributed by atoms with Gasteiger partial charge in [-0.05, 0) is 17.7 Å². The van der Waals surface area contributed by atoms with Crippen molar-refractivity contribution in [2.45, 2.75) is 31.8 Å². The first kappa shape index (κ1) is 25.5. The number of esters is 3. The molecule has 11 heteroatoms. The van der Waals surface area contributed by atoms with Crippen molar-refractivity contribution in [1.82, 2.24) is 10.6 Å². The third kappa shape index (κ3) is 8.03. The summed E-state index contributed by atoms with van der Waals surface area (Å²) in [4.78, 5) is 60.6. The van der Waals surface area contributed by atoms with Gasteiger partial charge in [-0.15, -0.1) is 0 Å². The predicted octanol–water partition coefficient (Wildman–Crippen LogP) is -0.117. The molecule has 0 unspecified atom stereocenters. The Hall–Kier alpha value is -3.50. The first-order valence-electron chi connectivity index (χ1n) is 9.17. The van der Waals surface area contributed by atoms with Crippen LogP contribution >= 0.6 is 0 Å². The highest BCUT2D eigenvalue weighted by Gasteiger charge is 2.39. The van der Waals surface area contributed by atoms with Crippen LogP contribution in [0.1, 0.15) is 18.9 Å². The van der Waals surface area contributed by atoms with Crippen molar-refractivity contribution in [3.05, 3.63) is 35.6 Å². The zero-order valence-corrected chi connectivity index (χ0v) is 17.6. The molecule has 2 N–H and O–H groups in total. The number of carbonyl (C=O) groups is 5. The minimum Gasteiger partial charge on any atom is -0.469 e. The number of hydrogen-bond donors (Lipinski definition) is 2. The number of carbonyl (C=O) groups excluding carboxylic acids is 5. The van der Waals surface area contributed by atoms with Gasteiger partial charge in [0.15, 0.2) is 0 Å². The molecule has 0 radical (unpaired) electrons. The highest BCUT2D eigenvalue weighted by Crippen LogP contribution is 2.15. The maximum atomic E-state index is 13.1. The molecule has 0 saturated heterocycles. The Bertz CT molecular complexity index is 812. The molecular formula is C20H25FN2O8. The average Bonchev–Trinajstić information content (AvgIpc) is 2.75. The molecule has 0 aromatic heterocycles. The summed E-state index contributed by atoms with van der Waals surface area (Å²) < 4.78 is 27.0. The summed E-state index contributed by atoms with van der Waals surface area (Å²) in [5.41, 5.74) is 0.531. The molecular weight excluding hydrogens is 415 g/mol. The van der Waals surface area contributed by atoms with Crippen molar-refractivity contribution in [3.63, 3.8) is 0 Å². The van der Waals surface area contributed by atoms with E-state index in [0.717, 1.165) is 21.3 Å². The van der Waals surface area contributed by atoms with Crippen molar-refractivity contribution in [2.75, 3.05) is 21.3 Å². The Labute approximate surface area is 178 Å². The van der Waals surface area contributed by atoms with Crippen LogP contribution in [0.2, 0.25) is 0 Å². The second-order valence-corrected chi connectivity index (χ2v) is 6.50. The van der Waals surface area contributed by atoms with Gasteiger partial charge in [0.1, 0.15) is 17.9 Å². The quantitative estimate of drug-likeness (QED) is 0.380. The highest BCUT2D eigenvalue weighted by molar-refractivity contribution is 5.94. The number of benzene rings is 1. The molecule has 0 aliphatic carbocycles. The second-order valence-electron chi connectivity index (χ2n) is 6.50. The fourth-order valence-corrected chi connectivity index (χ4v) is 2.77. The second kappa shape index (κ2) is 12.3. The van der Waals surface area contributed by atoms with Crippen LogP contribution in [0.3, 0.4) is 0 Å².